The first-order valence-corrected chi connectivity index (χ1v) is 7.14. The molecule has 1 heterocycles. The maximum Gasteiger partial charge on any atom is 0.242 e. The highest BCUT2D eigenvalue weighted by Crippen LogP contribution is 2.03. The predicted molar refractivity (Wildman–Crippen MR) is 81.5 cm³/mol. The summed E-state index contributed by atoms with van der Waals surface area (Å²) >= 11 is 0. The fraction of sp³-hybridized carbons (Fsp3) is 0.533. The summed E-state index contributed by atoms with van der Waals surface area (Å²) in [5.74, 6) is -0.149. The molecule has 1 aromatic heterocycles. The fourth-order valence-corrected chi connectivity index (χ4v) is 1.96. The molecule has 0 spiro atoms. The summed E-state index contributed by atoms with van der Waals surface area (Å²) in [6.07, 6.45) is 6.50. The van der Waals surface area contributed by atoms with Crippen LogP contribution in [0.3, 0.4) is 0 Å². The zero-order valence-electron chi connectivity index (χ0n) is 12.7. The average Bonchev–Trinajstić information content (AvgIpc) is 2.48. The van der Waals surface area contributed by atoms with Crippen molar-refractivity contribution in [3.63, 3.8) is 0 Å². The van der Waals surface area contributed by atoms with Crippen LogP contribution in [-0.2, 0) is 16.1 Å². The number of aromatic nitrogens is 1. The van der Waals surface area contributed by atoms with Gasteiger partial charge in [-0.3, -0.25) is 14.6 Å². The molecule has 0 fully saturated rings. The minimum absolute atomic E-state index is 0.149. The van der Waals surface area contributed by atoms with Gasteiger partial charge in [0.05, 0.1) is 0 Å². The van der Waals surface area contributed by atoms with Crippen LogP contribution >= 0.6 is 0 Å². The second-order valence-electron chi connectivity index (χ2n) is 5.21. The van der Waals surface area contributed by atoms with Gasteiger partial charge in [0.25, 0.3) is 0 Å². The summed E-state index contributed by atoms with van der Waals surface area (Å²) in [5.41, 5.74) is 0.982. The molecule has 0 aliphatic carbocycles. The van der Waals surface area contributed by atoms with E-state index in [0.717, 1.165) is 24.9 Å². The van der Waals surface area contributed by atoms with Crippen molar-refractivity contribution in [3.05, 3.63) is 30.1 Å². The van der Waals surface area contributed by atoms with Gasteiger partial charge in [-0.05, 0) is 57.6 Å². The smallest absolute Gasteiger partial charge is 0.242 e. The van der Waals surface area contributed by atoms with Crippen LogP contribution in [0.4, 0.5) is 0 Å². The first-order chi connectivity index (χ1) is 10.1. The number of hydrogen-bond acceptors (Lipinski definition) is 4. The molecular formula is C15H24N4O2. The monoisotopic (exact) mass is 292 g/mol. The van der Waals surface area contributed by atoms with E-state index in [1.165, 1.54) is 0 Å². The van der Waals surface area contributed by atoms with Crippen molar-refractivity contribution >= 4 is 12.3 Å². The summed E-state index contributed by atoms with van der Waals surface area (Å²) in [5, 5.41) is 5.42. The number of nitrogens with zero attached hydrogens (tertiary/aromatic N) is 2. The molecule has 2 N–H and O–H groups in total. The molecule has 6 heteroatoms. The number of unbranched alkanes of at least 4 members (excludes halogenated alkanes) is 1. The largest absolute Gasteiger partial charge is 0.350 e. The Morgan fingerprint density at radius 3 is 2.67 bits per heavy atom. The Bertz CT molecular complexity index is 423. The van der Waals surface area contributed by atoms with Gasteiger partial charge in [0, 0.05) is 18.9 Å². The van der Waals surface area contributed by atoms with E-state index in [-0.39, 0.29) is 5.91 Å². The first-order valence-electron chi connectivity index (χ1n) is 7.14. The molecule has 0 saturated heterocycles. The molecule has 0 aliphatic heterocycles. The van der Waals surface area contributed by atoms with Crippen molar-refractivity contribution in [2.45, 2.75) is 31.8 Å². The molecule has 0 bridgehead atoms. The zero-order chi connectivity index (χ0) is 15.5. The number of hydrogen-bond donors (Lipinski definition) is 2. The van der Waals surface area contributed by atoms with Gasteiger partial charge in [-0.2, -0.15) is 0 Å². The third kappa shape index (κ3) is 7.41. The molecule has 0 radical (unpaired) electrons. The topological polar surface area (TPSA) is 74.3 Å². The minimum Gasteiger partial charge on any atom is -0.350 e. The first kappa shape index (κ1) is 17.1. The molecule has 1 unspecified atom stereocenters. The lowest BCUT2D eigenvalue weighted by Crippen LogP contribution is -2.43. The van der Waals surface area contributed by atoms with Gasteiger partial charge in [-0.15, -0.1) is 0 Å². The fourth-order valence-electron chi connectivity index (χ4n) is 1.96. The maximum atomic E-state index is 12.1. The van der Waals surface area contributed by atoms with E-state index in [0.29, 0.717) is 19.4 Å². The third-order valence-electron chi connectivity index (χ3n) is 3.15. The van der Waals surface area contributed by atoms with Gasteiger partial charge in [-0.1, -0.05) is 0 Å². The normalized spacial score (nSPS) is 12.0. The lowest BCUT2D eigenvalue weighted by Gasteiger charge is -2.16. The quantitative estimate of drug-likeness (QED) is 0.488. The third-order valence-corrected chi connectivity index (χ3v) is 3.15. The summed E-state index contributed by atoms with van der Waals surface area (Å²) in [7, 11) is 4.03. The van der Waals surface area contributed by atoms with Gasteiger partial charge >= 0.3 is 0 Å². The summed E-state index contributed by atoms with van der Waals surface area (Å²) in [4.78, 5) is 28.7. The van der Waals surface area contributed by atoms with Crippen LogP contribution in [0.5, 0.6) is 0 Å². The highest BCUT2D eigenvalue weighted by molar-refractivity contribution is 5.83. The molecule has 6 nitrogen and oxygen atoms in total. The average molecular weight is 292 g/mol. The van der Waals surface area contributed by atoms with Crippen LogP contribution in [0.15, 0.2) is 24.5 Å². The summed E-state index contributed by atoms with van der Waals surface area (Å²) in [6.45, 7) is 1.42. The Balaban J connectivity index is 2.36. The van der Waals surface area contributed by atoms with E-state index in [1.807, 2.05) is 26.2 Å². The molecule has 0 saturated carbocycles. The Hall–Kier alpha value is -1.95. The van der Waals surface area contributed by atoms with E-state index in [1.54, 1.807) is 12.4 Å². The maximum absolute atomic E-state index is 12.1. The van der Waals surface area contributed by atoms with Crippen LogP contribution in [0.25, 0.3) is 0 Å². The second kappa shape index (κ2) is 9.88. The second-order valence-corrected chi connectivity index (χ2v) is 5.21. The van der Waals surface area contributed by atoms with E-state index in [4.69, 9.17) is 0 Å². The van der Waals surface area contributed by atoms with Gasteiger partial charge in [0.1, 0.15) is 6.04 Å². The standard InChI is InChI=1S/C15H24N4O2/c1-19(2)10-4-3-5-14(18-12-20)15(21)17-11-13-6-8-16-9-7-13/h6-9,12,14H,3-5,10-11H2,1-2H3,(H,17,21)(H,18,20). The van der Waals surface area contributed by atoms with E-state index < -0.39 is 6.04 Å². The molecule has 2 amide bonds. The van der Waals surface area contributed by atoms with E-state index >= 15 is 0 Å². The van der Waals surface area contributed by atoms with Crippen molar-refractivity contribution in [1.29, 1.82) is 0 Å². The molecule has 116 valence electrons. The molecule has 1 atom stereocenters. The van der Waals surface area contributed by atoms with Gasteiger partial charge in [0.15, 0.2) is 0 Å². The van der Waals surface area contributed by atoms with E-state index in [9.17, 15) is 9.59 Å². The number of rotatable bonds is 10. The van der Waals surface area contributed by atoms with Crippen LogP contribution in [-0.4, -0.2) is 48.9 Å². The lowest BCUT2D eigenvalue weighted by atomic mass is 10.1. The summed E-state index contributed by atoms with van der Waals surface area (Å²) in [6, 6.07) is 3.23. The van der Waals surface area contributed by atoms with Crippen molar-refractivity contribution < 1.29 is 9.59 Å². The van der Waals surface area contributed by atoms with Crippen LogP contribution in [0, 0.1) is 0 Å². The van der Waals surface area contributed by atoms with Crippen LogP contribution in [0.2, 0.25) is 0 Å². The molecule has 21 heavy (non-hydrogen) atoms. The van der Waals surface area contributed by atoms with Crippen molar-refractivity contribution in [1.82, 2.24) is 20.5 Å². The SMILES string of the molecule is CN(C)CCCCC(NC=O)C(=O)NCc1ccncc1. The van der Waals surface area contributed by atoms with Crippen molar-refractivity contribution in [2.24, 2.45) is 0 Å². The Morgan fingerprint density at radius 2 is 2.05 bits per heavy atom. The number of nitrogens with one attached hydrogen (secondary N) is 2. The molecule has 0 aromatic carbocycles. The van der Waals surface area contributed by atoms with Crippen molar-refractivity contribution in [3.8, 4) is 0 Å². The molecule has 0 aliphatic rings. The van der Waals surface area contributed by atoms with Gasteiger partial charge in [0.2, 0.25) is 12.3 Å². The Kier molecular flexibility index (Phi) is 8.04. The Labute approximate surface area is 125 Å². The van der Waals surface area contributed by atoms with Crippen LogP contribution < -0.4 is 10.6 Å². The highest BCUT2D eigenvalue weighted by Gasteiger charge is 2.16. The number of carbonyl (C=O) groups excluding carboxylic acids is 2. The Morgan fingerprint density at radius 1 is 1.33 bits per heavy atom. The van der Waals surface area contributed by atoms with Gasteiger partial charge in [-0.25, -0.2) is 0 Å². The predicted octanol–water partition coefficient (Wildman–Crippen LogP) is 0.544. The van der Waals surface area contributed by atoms with Crippen LogP contribution in [0.1, 0.15) is 24.8 Å². The van der Waals surface area contributed by atoms with Crippen molar-refractivity contribution in [2.75, 3.05) is 20.6 Å². The highest BCUT2D eigenvalue weighted by atomic mass is 16.2. The zero-order valence-corrected chi connectivity index (χ0v) is 12.7. The molecular weight excluding hydrogens is 268 g/mol. The molecule has 1 rings (SSSR count). The summed E-state index contributed by atoms with van der Waals surface area (Å²) < 4.78 is 0. The number of amides is 2. The number of carbonyl (C=O) groups is 2. The number of pyridine rings is 1. The lowest BCUT2D eigenvalue weighted by molar-refractivity contribution is -0.125. The van der Waals surface area contributed by atoms with Gasteiger partial charge < -0.3 is 15.5 Å². The van der Waals surface area contributed by atoms with E-state index in [2.05, 4.69) is 20.5 Å². The molecule has 1 aromatic rings. The minimum atomic E-state index is -0.466.